The number of rotatable bonds is 3. The molecule has 1 aromatic heterocycles. The molecule has 0 saturated heterocycles. The number of carbonyl (C=O) groups is 1. The van der Waals surface area contributed by atoms with Crippen LogP contribution in [0.3, 0.4) is 0 Å². The number of aromatic nitrogens is 4. The lowest BCUT2D eigenvalue weighted by Crippen LogP contribution is -2.15. The Hall–Kier alpha value is -2.24. The Kier molecular flexibility index (Phi) is 2.32. The van der Waals surface area contributed by atoms with Gasteiger partial charge >= 0.3 is 0 Å². The van der Waals surface area contributed by atoms with Gasteiger partial charge in [0, 0.05) is 5.92 Å². The zero-order chi connectivity index (χ0) is 11.7. The number of hydrogen-bond acceptors (Lipinski definition) is 4. The number of H-pyrrole nitrogens is 1. The molecule has 0 aliphatic heterocycles. The number of anilines is 1. The van der Waals surface area contributed by atoms with Gasteiger partial charge < -0.3 is 0 Å². The Morgan fingerprint density at radius 1 is 1.35 bits per heavy atom. The topological polar surface area (TPSA) is 83.6 Å². The van der Waals surface area contributed by atoms with Crippen LogP contribution in [0.4, 0.5) is 5.95 Å². The Balaban J connectivity index is 1.63. The maximum absolute atomic E-state index is 11.8. The molecule has 0 radical (unpaired) electrons. The molecular formula is C11H11N5O. The van der Waals surface area contributed by atoms with Crippen molar-refractivity contribution in [2.24, 2.45) is 5.92 Å². The van der Waals surface area contributed by atoms with Crippen LogP contribution in [0.1, 0.15) is 17.9 Å². The van der Waals surface area contributed by atoms with E-state index in [0.29, 0.717) is 5.92 Å². The van der Waals surface area contributed by atoms with Gasteiger partial charge in [-0.05, 0) is 23.1 Å². The van der Waals surface area contributed by atoms with Crippen molar-refractivity contribution < 1.29 is 4.79 Å². The Labute approximate surface area is 97.4 Å². The van der Waals surface area contributed by atoms with E-state index in [1.807, 2.05) is 30.3 Å². The smallest absolute Gasteiger partial charge is 0.269 e. The molecule has 1 fully saturated rings. The first-order valence-corrected chi connectivity index (χ1v) is 5.44. The zero-order valence-electron chi connectivity index (χ0n) is 9.00. The first kappa shape index (κ1) is 9.95. The molecule has 0 spiro atoms. The molecule has 1 saturated carbocycles. The Morgan fingerprint density at radius 2 is 2.18 bits per heavy atom. The van der Waals surface area contributed by atoms with E-state index in [1.165, 1.54) is 5.56 Å². The fraction of sp³-hybridized carbons (Fsp3) is 0.273. The average Bonchev–Trinajstić information content (AvgIpc) is 3.02. The second kappa shape index (κ2) is 3.97. The number of aromatic amines is 1. The van der Waals surface area contributed by atoms with E-state index in [4.69, 9.17) is 0 Å². The van der Waals surface area contributed by atoms with E-state index in [-0.39, 0.29) is 17.8 Å². The SMILES string of the molecule is O=C(Nc1nn[nH]n1)C1CC1c1ccccc1. The molecule has 3 rings (SSSR count). The van der Waals surface area contributed by atoms with Crippen molar-refractivity contribution in [2.45, 2.75) is 12.3 Å². The Bertz CT molecular complexity index is 510. The number of benzene rings is 1. The first-order valence-electron chi connectivity index (χ1n) is 5.44. The quantitative estimate of drug-likeness (QED) is 0.820. The lowest BCUT2D eigenvalue weighted by atomic mass is 10.1. The van der Waals surface area contributed by atoms with Crippen LogP contribution >= 0.6 is 0 Å². The van der Waals surface area contributed by atoms with Crippen LogP contribution < -0.4 is 5.32 Å². The van der Waals surface area contributed by atoms with Crippen molar-refractivity contribution in [1.82, 2.24) is 20.6 Å². The van der Waals surface area contributed by atoms with E-state index >= 15 is 0 Å². The first-order chi connectivity index (χ1) is 8.34. The molecule has 86 valence electrons. The average molecular weight is 229 g/mol. The van der Waals surface area contributed by atoms with Gasteiger partial charge in [-0.25, -0.2) is 0 Å². The molecule has 6 heteroatoms. The van der Waals surface area contributed by atoms with Crippen molar-refractivity contribution in [3.63, 3.8) is 0 Å². The molecule has 2 aromatic rings. The van der Waals surface area contributed by atoms with Gasteiger partial charge in [0.15, 0.2) is 0 Å². The summed E-state index contributed by atoms with van der Waals surface area (Å²) in [6.07, 6.45) is 0.883. The van der Waals surface area contributed by atoms with Gasteiger partial charge in [-0.2, -0.15) is 5.21 Å². The van der Waals surface area contributed by atoms with E-state index in [1.54, 1.807) is 0 Å². The molecule has 6 nitrogen and oxygen atoms in total. The summed E-state index contributed by atoms with van der Waals surface area (Å²) in [5, 5.41) is 15.7. The maximum atomic E-state index is 11.8. The number of hydrogen-bond donors (Lipinski definition) is 2. The molecular weight excluding hydrogens is 218 g/mol. The minimum atomic E-state index is -0.0414. The van der Waals surface area contributed by atoms with Gasteiger partial charge in [-0.15, -0.1) is 5.10 Å². The van der Waals surface area contributed by atoms with Crippen LogP contribution in [0.2, 0.25) is 0 Å². The summed E-state index contributed by atoms with van der Waals surface area (Å²) in [6.45, 7) is 0. The number of nitrogens with one attached hydrogen (secondary N) is 2. The van der Waals surface area contributed by atoms with Crippen LogP contribution in [-0.2, 0) is 4.79 Å². The molecule has 1 aromatic carbocycles. The Morgan fingerprint density at radius 3 is 2.88 bits per heavy atom. The largest absolute Gasteiger partial charge is 0.292 e. The fourth-order valence-electron chi connectivity index (χ4n) is 1.97. The minimum Gasteiger partial charge on any atom is -0.292 e. The highest BCUT2D eigenvalue weighted by molar-refractivity contribution is 5.93. The lowest BCUT2D eigenvalue weighted by Gasteiger charge is -2.00. The summed E-state index contributed by atoms with van der Waals surface area (Å²) in [4.78, 5) is 11.8. The number of carbonyl (C=O) groups excluding carboxylic acids is 1. The fourth-order valence-corrected chi connectivity index (χ4v) is 1.97. The molecule has 1 heterocycles. The number of nitrogens with zero attached hydrogens (tertiary/aromatic N) is 3. The van der Waals surface area contributed by atoms with E-state index in [0.717, 1.165) is 6.42 Å². The second-order valence-electron chi connectivity index (χ2n) is 4.08. The van der Waals surface area contributed by atoms with Crippen LogP contribution in [0, 0.1) is 5.92 Å². The van der Waals surface area contributed by atoms with Crippen molar-refractivity contribution >= 4 is 11.9 Å². The van der Waals surface area contributed by atoms with Crippen LogP contribution in [-0.4, -0.2) is 26.5 Å². The highest BCUT2D eigenvalue weighted by Crippen LogP contribution is 2.47. The van der Waals surface area contributed by atoms with Crippen molar-refractivity contribution in [2.75, 3.05) is 5.32 Å². The monoisotopic (exact) mass is 229 g/mol. The molecule has 2 atom stereocenters. The van der Waals surface area contributed by atoms with Gasteiger partial charge in [-0.3, -0.25) is 10.1 Å². The van der Waals surface area contributed by atoms with Crippen LogP contribution in [0.25, 0.3) is 0 Å². The second-order valence-corrected chi connectivity index (χ2v) is 4.08. The summed E-state index contributed by atoms with van der Waals surface area (Å²) in [7, 11) is 0. The molecule has 2 unspecified atom stereocenters. The zero-order valence-corrected chi connectivity index (χ0v) is 9.00. The van der Waals surface area contributed by atoms with Gasteiger partial charge in [0.25, 0.3) is 5.95 Å². The lowest BCUT2D eigenvalue weighted by molar-refractivity contribution is -0.117. The summed E-state index contributed by atoms with van der Waals surface area (Å²) >= 11 is 0. The third kappa shape index (κ3) is 2.01. The van der Waals surface area contributed by atoms with Gasteiger partial charge in [0.05, 0.1) is 0 Å². The molecule has 2 N–H and O–H groups in total. The number of amides is 1. The van der Waals surface area contributed by atoms with Crippen molar-refractivity contribution in [3.05, 3.63) is 35.9 Å². The minimum absolute atomic E-state index is 0.0240. The molecule has 1 aliphatic rings. The predicted molar refractivity (Wildman–Crippen MR) is 60.1 cm³/mol. The third-order valence-electron chi connectivity index (χ3n) is 2.94. The molecule has 1 aliphatic carbocycles. The van der Waals surface area contributed by atoms with E-state index < -0.39 is 0 Å². The van der Waals surface area contributed by atoms with Crippen molar-refractivity contribution in [3.8, 4) is 0 Å². The van der Waals surface area contributed by atoms with Crippen LogP contribution in [0.15, 0.2) is 30.3 Å². The number of tetrazole rings is 1. The van der Waals surface area contributed by atoms with E-state index in [9.17, 15) is 4.79 Å². The molecule has 0 bridgehead atoms. The summed E-state index contributed by atoms with van der Waals surface area (Å²) in [5.41, 5.74) is 1.21. The highest BCUT2D eigenvalue weighted by atomic mass is 16.2. The highest BCUT2D eigenvalue weighted by Gasteiger charge is 2.44. The summed E-state index contributed by atoms with van der Waals surface area (Å²) < 4.78 is 0. The maximum Gasteiger partial charge on any atom is 0.269 e. The van der Waals surface area contributed by atoms with Gasteiger partial charge in [-0.1, -0.05) is 35.4 Å². The molecule has 1 amide bonds. The third-order valence-corrected chi connectivity index (χ3v) is 2.94. The van der Waals surface area contributed by atoms with Gasteiger partial charge in [0.1, 0.15) is 0 Å². The molecule has 17 heavy (non-hydrogen) atoms. The summed E-state index contributed by atoms with van der Waals surface area (Å²) in [6, 6.07) is 10.0. The van der Waals surface area contributed by atoms with Crippen LogP contribution in [0.5, 0.6) is 0 Å². The van der Waals surface area contributed by atoms with Gasteiger partial charge in [0.2, 0.25) is 5.91 Å². The standard InChI is InChI=1S/C11H11N5O/c17-10(12-11-13-15-16-14-11)9-6-8(9)7-4-2-1-3-5-7/h1-5,8-9H,6H2,(H2,12,13,14,15,16,17). The summed E-state index contributed by atoms with van der Waals surface area (Å²) in [5.74, 6) is 0.535. The van der Waals surface area contributed by atoms with E-state index in [2.05, 4.69) is 25.9 Å². The normalized spacial score (nSPS) is 22.1. The van der Waals surface area contributed by atoms with Crippen molar-refractivity contribution in [1.29, 1.82) is 0 Å². The predicted octanol–water partition coefficient (Wildman–Crippen LogP) is 0.942.